The number of fused-ring (bicyclic) bond motifs is 1. The molecule has 0 radical (unpaired) electrons. The average Bonchev–Trinajstić information content (AvgIpc) is 2.67. The molecule has 19 heavy (non-hydrogen) atoms. The fourth-order valence-electron chi connectivity index (χ4n) is 1.74. The summed E-state index contributed by atoms with van der Waals surface area (Å²) in [6, 6.07) is 5.52. The van der Waals surface area contributed by atoms with E-state index < -0.39 is 21.3 Å². The standard InChI is InChI=1S/C11H8F3NO3S/c1-7(16)9-6-15(19(17,18)11(12,13)14)10-5-3-2-4-8(9)10/h2-6H,1H3. The minimum Gasteiger partial charge on any atom is -0.294 e. The topological polar surface area (TPSA) is 56.1 Å². The zero-order chi connectivity index (χ0) is 14.4. The first-order valence-corrected chi connectivity index (χ1v) is 6.53. The van der Waals surface area contributed by atoms with Gasteiger partial charge in [0.1, 0.15) is 0 Å². The predicted octanol–water partition coefficient (Wildman–Crippen LogP) is 2.54. The second-order valence-corrected chi connectivity index (χ2v) is 5.67. The lowest BCUT2D eigenvalue weighted by Crippen LogP contribution is -2.29. The van der Waals surface area contributed by atoms with Crippen molar-refractivity contribution < 1.29 is 26.4 Å². The van der Waals surface area contributed by atoms with Crippen LogP contribution >= 0.6 is 0 Å². The van der Waals surface area contributed by atoms with E-state index in [2.05, 4.69) is 0 Å². The number of Topliss-reactive ketones (excluding diaryl/α,β-unsaturated/α-hetero) is 1. The maximum Gasteiger partial charge on any atom is 0.517 e. The van der Waals surface area contributed by atoms with Gasteiger partial charge in [-0.05, 0) is 13.0 Å². The summed E-state index contributed by atoms with van der Waals surface area (Å²) < 4.78 is 60.6. The van der Waals surface area contributed by atoms with Crippen molar-refractivity contribution >= 4 is 26.7 Å². The molecule has 1 heterocycles. The summed E-state index contributed by atoms with van der Waals surface area (Å²) >= 11 is 0. The molecule has 2 rings (SSSR count). The maximum absolute atomic E-state index is 12.6. The van der Waals surface area contributed by atoms with Gasteiger partial charge in [0.15, 0.2) is 5.78 Å². The highest BCUT2D eigenvalue weighted by molar-refractivity contribution is 7.90. The van der Waals surface area contributed by atoms with Gasteiger partial charge in [0.2, 0.25) is 0 Å². The Labute approximate surface area is 106 Å². The van der Waals surface area contributed by atoms with Gasteiger partial charge in [-0.1, -0.05) is 18.2 Å². The van der Waals surface area contributed by atoms with E-state index in [-0.39, 0.29) is 20.4 Å². The van der Waals surface area contributed by atoms with Gasteiger partial charge in [-0.15, -0.1) is 0 Å². The zero-order valence-corrected chi connectivity index (χ0v) is 10.4. The molecule has 1 aromatic heterocycles. The van der Waals surface area contributed by atoms with Crippen LogP contribution in [-0.4, -0.2) is 23.7 Å². The van der Waals surface area contributed by atoms with Gasteiger partial charge in [0, 0.05) is 17.1 Å². The number of para-hydroxylation sites is 1. The summed E-state index contributed by atoms with van der Waals surface area (Å²) in [5.74, 6) is -0.507. The molecule has 1 aromatic carbocycles. The van der Waals surface area contributed by atoms with Gasteiger partial charge < -0.3 is 0 Å². The molecule has 0 aliphatic carbocycles. The van der Waals surface area contributed by atoms with E-state index in [4.69, 9.17) is 0 Å². The Hall–Kier alpha value is -1.83. The molecule has 0 aliphatic heterocycles. The largest absolute Gasteiger partial charge is 0.517 e. The lowest BCUT2D eigenvalue weighted by Gasteiger charge is -2.09. The normalized spacial score (nSPS) is 12.8. The smallest absolute Gasteiger partial charge is 0.294 e. The highest BCUT2D eigenvalue weighted by atomic mass is 32.2. The number of benzene rings is 1. The molecule has 0 amide bonds. The molecule has 0 saturated carbocycles. The van der Waals surface area contributed by atoms with E-state index in [0.29, 0.717) is 6.20 Å². The molecule has 0 aliphatic rings. The quantitative estimate of drug-likeness (QED) is 0.799. The van der Waals surface area contributed by atoms with Crippen LogP contribution < -0.4 is 0 Å². The number of carbonyl (C=O) groups excluding carboxylic acids is 1. The summed E-state index contributed by atoms with van der Waals surface area (Å²) in [7, 11) is -5.55. The number of halogens is 3. The van der Waals surface area contributed by atoms with E-state index >= 15 is 0 Å². The van der Waals surface area contributed by atoms with Crippen molar-refractivity contribution in [3.8, 4) is 0 Å². The van der Waals surface area contributed by atoms with Crippen LogP contribution in [0, 0.1) is 0 Å². The number of aromatic nitrogens is 1. The van der Waals surface area contributed by atoms with Crippen molar-refractivity contribution in [1.82, 2.24) is 3.97 Å². The molecule has 0 atom stereocenters. The highest BCUT2D eigenvalue weighted by Crippen LogP contribution is 2.31. The van der Waals surface area contributed by atoms with E-state index in [1.54, 1.807) is 0 Å². The van der Waals surface area contributed by atoms with E-state index in [0.717, 1.165) is 6.92 Å². The summed E-state index contributed by atoms with van der Waals surface area (Å²) in [6.07, 6.45) is 0.704. The van der Waals surface area contributed by atoms with Crippen molar-refractivity contribution in [2.75, 3.05) is 0 Å². The van der Waals surface area contributed by atoms with Crippen molar-refractivity contribution in [3.05, 3.63) is 36.0 Å². The minimum atomic E-state index is -5.55. The van der Waals surface area contributed by atoms with E-state index in [9.17, 15) is 26.4 Å². The summed E-state index contributed by atoms with van der Waals surface area (Å²) in [5.41, 5.74) is -5.67. The molecule has 0 fully saturated rings. The average molecular weight is 291 g/mol. The van der Waals surface area contributed by atoms with Gasteiger partial charge in [0.05, 0.1) is 5.52 Å². The van der Waals surface area contributed by atoms with Crippen LogP contribution in [0.25, 0.3) is 10.9 Å². The van der Waals surface area contributed by atoms with Crippen LogP contribution in [0.5, 0.6) is 0 Å². The Bertz CT molecular complexity index is 759. The first-order chi connectivity index (χ1) is 8.66. The third-order valence-corrected chi connectivity index (χ3v) is 4.01. The number of hydrogen-bond acceptors (Lipinski definition) is 3. The molecule has 0 saturated heterocycles. The maximum atomic E-state index is 12.6. The second-order valence-electron chi connectivity index (χ2n) is 3.86. The SMILES string of the molecule is CC(=O)c1cn(S(=O)(=O)C(F)(F)F)c2ccccc12. The minimum absolute atomic E-state index is 0.0663. The third kappa shape index (κ3) is 2.01. The zero-order valence-electron chi connectivity index (χ0n) is 9.60. The van der Waals surface area contributed by atoms with Crippen LogP contribution in [0.3, 0.4) is 0 Å². The first kappa shape index (κ1) is 13.6. The number of rotatable bonds is 2. The molecule has 0 spiro atoms. The highest BCUT2D eigenvalue weighted by Gasteiger charge is 2.48. The van der Waals surface area contributed by atoms with Crippen LogP contribution in [0.2, 0.25) is 0 Å². The molecule has 4 nitrogen and oxygen atoms in total. The molecule has 2 aromatic rings. The summed E-state index contributed by atoms with van der Waals surface area (Å²) in [5, 5.41) is 0.169. The van der Waals surface area contributed by atoms with Gasteiger partial charge in [-0.2, -0.15) is 21.6 Å². The van der Waals surface area contributed by atoms with Gasteiger partial charge in [0.25, 0.3) is 0 Å². The predicted molar refractivity (Wildman–Crippen MR) is 62.3 cm³/mol. The Balaban J connectivity index is 2.87. The van der Waals surface area contributed by atoms with Gasteiger partial charge in [-0.25, -0.2) is 3.97 Å². The number of ketones is 1. The van der Waals surface area contributed by atoms with Gasteiger partial charge in [-0.3, -0.25) is 4.79 Å². The lowest BCUT2D eigenvalue weighted by molar-refractivity contribution is -0.0445. The van der Waals surface area contributed by atoms with Crippen molar-refractivity contribution in [1.29, 1.82) is 0 Å². The monoisotopic (exact) mass is 291 g/mol. The fourth-order valence-corrected chi connectivity index (χ4v) is 2.63. The molecule has 0 unspecified atom stereocenters. The van der Waals surface area contributed by atoms with Gasteiger partial charge >= 0.3 is 15.5 Å². The molecule has 102 valence electrons. The molecular weight excluding hydrogens is 283 g/mol. The number of alkyl halides is 3. The van der Waals surface area contributed by atoms with Crippen LogP contribution in [0.1, 0.15) is 17.3 Å². The Morgan fingerprint density at radius 2 is 1.79 bits per heavy atom. The molecular formula is C11H8F3NO3S. The third-order valence-electron chi connectivity index (χ3n) is 2.61. The lowest BCUT2D eigenvalue weighted by atomic mass is 10.1. The molecule has 0 N–H and O–H groups in total. The molecule has 0 bridgehead atoms. The Kier molecular flexibility index (Phi) is 2.93. The fraction of sp³-hybridized carbons (Fsp3) is 0.182. The Morgan fingerprint density at radius 3 is 2.32 bits per heavy atom. The van der Waals surface area contributed by atoms with Crippen LogP contribution in [0.4, 0.5) is 13.2 Å². The van der Waals surface area contributed by atoms with Crippen LogP contribution in [-0.2, 0) is 10.0 Å². The number of hydrogen-bond donors (Lipinski definition) is 0. The summed E-state index contributed by atoms with van der Waals surface area (Å²) in [6.45, 7) is 1.16. The van der Waals surface area contributed by atoms with E-state index in [1.807, 2.05) is 0 Å². The van der Waals surface area contributed by atoms with Crippen molar-refractivity contribution in [3.63, 3.8) is 0 Å². The first-order valence-electron chi connectivity index (χ1n) is 5.09. The second kappa shape index (κ2) is 4.09. The molecule has 8 heteroatoms. The number of carbonyl (C=O) groups is 1. The van der Waals surface area contributed by atoms with Crippen molar-refractivity contribution in [2.24, 2.45) is 0 Å². The summed E-state index contributed by atoms with van der Waals surface area (Å²) in [4.78, 5) is 11.4. The Morgan fingerprint density at radius 1 is 1.21 bits per heavy atom. The van der Waals surface area contributed by atoms with Crippen molar-refractivity contribution in [2.45, 2.75) is 12.4 Å². The number of nitrogens with zero attached hydrogens (tertiary/aromatic N) is 1. The van der Waals surface area contributed by atoms with Crippen LogP contribution in [0.15, 0.2) is 30.5 Å². The van der Waals surface area contributed by atoms with E-state index in [1.165, 1.54) is 24.3 Å².